The number of carboxylic acids is 1. The van der Waals surface area contributed by atoms with E-state index >= 15 is 0 Å². The Balaban J connectivity index is 2.26. The fourth-order valence-electron chi connectivity index (χ4n) is 1.71. The normalized spacial score (nSPS) is 11.0. The van der Waals surface area contributed by atoms with Crippen molar-refractivity contribution < 1.29 is 23.6 Å². The minimum atomic E-state index is -1.36. The van der Waals surface area contributed by atoms with Crippen molar-refractivity contribution in [3.05, 3.63) is 63.7 Å². The van der Waals surface area contributed by atoms with E-state index in [1.165, 1.54) is 6.07 Å². The maximum atomic E-state index is 12.0. The van der Waals surface area contributed by atoms with Crippen molar-refractivity contribution in [2.75, 3.05) is 0 Å². The third-order valence-electron chi connectivity index (χ3n) is 2.64. The molecule has 0 amide bonds. The van der Waals surface area contributed by atoms with Gasteiger partial charge in [0.15, 0.2) is 0 Å². The first-order valence-electron chi connectivity index (χ1n) is 6.16. The monoisotopic (exact) mass is 434 g/mol. The average molecular weight is 434 g/mol. The number of carboxylic acid groups (broad SMARTS) is 1. The Labute approximate surface area is 140 Å². The lowest BCUT2D eigenvalue weighted by Crippen LogP contribution is -2.14. The second kappa shape index (κ2) is 8.26. The van der Waals surface area contributed by atoms with Gasteiger partial charge in [-0.1, -0.05) is 30.3 Å². The summed E-state index contributed by atoms with van der Waals surface area (Å²) in [6, 6.07) is 10.3. The largest absolute Gasteiger partial charge is 0.481 e. The molecule has 6 nitrogen and oxygen atoms in total. The second-order valence-electron chi connectivity index (χ2n) is 4.18. The summed E-state index contributed by atoms with van der Waals surface area (Å²) in [5, 5.41) is 9.18. The van der Waals surface area contributed by atoms with Gasteiger partial charge in [0.25, 0.3) is 5.76 Å². The Bertz CT molecular complexity index is 700. The first-order valence-corrected chi connectivity index (χ1v) is 10.2. The number of aromatic carboxylic acids is 1. The Morgan fingerprint density at radius 3 is 2.64 bits per heavy atom. The molecule has 0 aliphatic carbocycles. The highest BCUT2D eigenvalue weighted by atomic mass is 127. The molecular formula is C14H12IO6P. The van der Waals surface area contributed by atoms with Crippen LogP contribution in [0.5, 0.6) is 5.75 Å². The lowest BCUT2D eigenvalue weighted by atomic mass is 10.2. The molecular weight excluding hydrogens is 422 g/mol. The number of halogens is 1. The lowest BCUT2D eigenvalue weighted by Gasteiger charge is -2.09. The number of ether oxygens (including phenoxy) is 1. The van der Waals surface area contributed by atoms with Gasteiger partial charge in [-0.25, -0.2) is 4.79 Å². The van der Waals surface area contributed by atoms with Crippen LogP contribution in [0.15, 0.2) is 45.6 Å². The summed E-state index contributed by atoms with van der Waals surface area (Å²) in [4.78, 5) is 23.3. The van der Waals surface area contributed by atoms with Crippen LogP contribution < -0.4 is 10.2 Å². The van der Waals surface area contributed by atoms with Crippen molar-refractivity contribution in [2.24, 2.45) is 0 Å². The predicted molar refractivity (Wildman–Crippen MR) is 89.8 cm³/mol. The second-order valence-corrected chi connectivity index (χ2v) is 5.94. The van der Waals surface area contributed by atoms with Crippen molar-refractivity contribution in [3.8, 4) is 5.75 Å². The molecule has 2 aromatic rings. The van der Waals surface area contributed by atoms with E-state index in [1.54, 1.807) is 0 Å². The van der Waals surface area contributed by atoms with Crippen LogP contribution >= 0.6 is 28.5 Å². The molecule has 1 atom stereocenters. The minimum Gasteiger partial charge on any atom is -0.481 e. The maximum absolute atomic E-state index is 12.0. The zero-order valence-corrected chi connectivity index (χ0v) is 14.4. The van der Waals surface area contributed by atoms with Gasteiger partial charge in [0.2, 0.25) is 11.2 Å². The van der Waals surface area contributed by atoms with Gasteiger partial charge in [-0.2, -0.15) is 0 Å². The van der Waals surface area contributed by atoms with E-state index in [-0.39, 0.29) is 31.2 Å². The van der Waals surface area contributed by atoms with Gasteiger partial charge in [-0.3, -0.25) is 4.79 Å². The van der Waals surface area contributed by atoms with E-state index in [0.29, 0.717) is 0 Å². The van der Waals surface area contributed by atoms with Crippen LogP contribution in [-0.4, -0.2) is 11.1 Å². The van der Waals surface area contributed by atoms with Gasteiger partial charge >= 0.3 is 5.97 Å². The minimum absolute atomic E-state index is 0.0376. The van der Waals surface area contributed by atoms with E-state index in [1.807, 2.05) is 52.4 Å². The van der Waals surface area contributed by atoms with Crippen molar-refractivity contribution in [3.63, 3.8) is 0 Å². The summed E-state index contributed by atoms with van der Waals surface area (Å²) in [6.45, 7) is 0.297. The zero-order chi connectivity index (χ0) is 15.9. The van der Waals surface area contributed by atoms with Gasteiger partial charge in [0.1, 0.15) is 19.0 Å². The molecule has 0 fully saturated rings. The van der Waals surface area contributed by atoms with Crippen LogP contribution in [0.4, 0.5) is 0 Å². The van der Waals surface area contributed by atoms with E-state index in [0.717, 1.165) is 5.56 Å². The van der Waals surface area contributed by atoms with E-state index in [4.69, 9.17) is 13.7 Å². The zero-order valence-electron chi connectivity index (χ0n) is 11.2. The maximum Gasteiger partial charge on any atom is 0.375 e. The summed E-state index contributed by atoms with van der Waals surface area (Å²) in [6.07, 6.45) is 0. The number of benzene rings is 1. The molecule has 8 heteroatoms. The SMILES string of the molecule is O=C(O)c1oc(COPI)cc(=O)c1OCc1ccccc1. The molecule has 0 saturated carbocycles. The van der Waals surface area contributed by atoms with Crippen LogP contribution in [-0.2, 0) is 17.7 Å². The molecule has 0 radical (unpaired) electrons. The Morgan fingerprint density at radius 1 is 1.27 bits per heavy atom. The molecule has 0 saturated heterocycles. The molecule has 1 N–H and O–H groups in total. The first-order chi connectivity index (χ1) is 10.6. The number of hydrogen-bond acceptors (Lipinski definition) is 5. The fourth-order valence-corrected chi connectivity index (χ4v) is 2.37. The number of carbonyl (C=O) groups is 1. The summed E-state index contributed by atoms with van der Waals surface area (Å²) in [7, 11) is 0. The molecule has 0 spiro atoms. The van der Waals surface area contributed by atoms with Crippen LogP contribution in [0.3, 0.4) is 0 Å². The van der Waals surface area contributed by atoms with Gasteiger partial charge in [0, 0.05) is 6.07 Å². The Kier molecular flexibility index (Phi) is 6.35. The quantitative estimate of drug-likeness (QED) is 0.532. The predicted octanol–water partition coefficient (Wildman–Crippen LogP) is 3.38. The highest BCUT2D eigenvalue weighted by Gasteiger charge is 2.20. The molecule has 116 valence electrons. The van der Waals surface area contributed by atoms with Crippen LogP contribution in [0.2, 0.25) is 0 Å². The highest BCUT2D eigenvalue weighted by Crippen LogP contribution is 2.25. The van der Waals surface area contributed by atoms with E-state index in [9.17, 15) is 14.7 Å². The topological polar surface area (TPSA) is 86.0 Å². The van der Waals surface area contributed by atoms with Crippen LogP contribution in [0, 0.1) is 0 Å². The van der Waals surface area contributed by atoms with Crippen molar-refractivity contribution in [1.82, 2.24) is 0 Å². The first kappa shape index (κ1) is 16.9. The smallest absolute Gasteiger partial charge is 0.375 e. The molecule has 2 rings (SSSR count). The molecule has 0 aliphatic rings. The van der Waals surface area contributed by atoms with Crippen LogP contribution in [0.25, 0.3) is 0 Å². The summed E-state index contributed by atoms with van der Waals surface area (Å²) < 4.78 is 15.7. The Morgan fingerprint density at radius 2 is 2.00 bits per heavy atom. The molecule has 1 aromatic carbocycles. The number of hydrogen-bond donors (Lipinski definition) is 1. The molecule has 0 aliphatic heterocycles. The Hall–Kier alpha value is -1.44. The van der Waals surface area contributed by atoms with E-state index < -0.39 is 17.2 Å². The van der Waals surface area contributed by atoms with Crippen LogP contribution in [0.1, 0.15) is 21.9 Å². The summed E-state index contributed by atoms with van der Waals surface area (Å²) in [5.74, 6) is -2.03. The fraction of sp³-hybridized carbons (Fsp3) is 0.143. The molecule has 1 aromatic heterocycles. The lowest BCUT2D eigenvalue weighted by molar-refractivity contribution is 0.0644. The van der Waals surface area contributed by atoms with Gasteiger partial charge in [0.05, 0.1) is 6.45 Å². The molecule has 0 bridgehead atoms. The van der Waals surface area contributed by atoms with Gasteiger partial charge < -0.3 is 18.8 Å². The van der Waals surface area contributed by atoms with Crippen molar-refractivity contribution in [2.45, 2.75) is 13.2 Å². The summed E-state index contributed by atoms with van der Waals surface area (Å²) in [5.41, 5.74) is 0.270. The molecule has 22 heavy (non-hydrogen) atoms. The number of rotatable bonds is 7. The molecule has 1 heterocycles. The van der Waals surface area contributed by atoms with Gasteiger partial charge in [-0.05, 0) is 27.6 Å². The van der Waals surface area contributed by atoms with Crippen molar-refractivity contribution in [1.29, 1.82) is 0 Å². The average Bonchev–Trinajstić information content (AvgIpc) is 2.52. The van der Waals surface area contributed by atoms with E-state index in [2.05, 4.69) is 0 Å². The standard InChI is InChI=1S/C14H12IO6P/c15-22-20-8-10-6-11(16)12(13(21-10)14(17)18)19-7-9-4-2-1-3-5-9/h1-6,22H,7-8H2,(H,17,18). The van der Waals surface area contributed by atoms with Gasteiger partial charge in [-0.15, -0.1) is 0 Å². The molecule has 1 unspecified atom stereocenters. The highest BCUT2D eigenvalue weighted by molar-refractivity contribution is 14.2. The third-order valence-corrected chi connectivity index (χ3v) is 3.83. The summed E-state index contributed by atoms with van der Waals surface area (Å²) >= 11 is 2.02. The third kappa shape index (κ3) is 4.53. The van der Waals surface area contributed by atoms with Crippen molar-refractivity contribution >= 4 is 34.5 Å².